The lowest BCUT2D eigenvalue weighted by molar-refractivity contribution is -0.132. The number of benzene rings is 1. The number of likely N-dealkylation sites (N-methyl/N-ethyl adjacent to an activating group) is 1. The van der Waals surface area contributed by atoms with E-state index in [0.717, 1.165) is 12.1 Å². The molecule has 122 valence electrons. The van der Waals surface area contributed by atoms with Crippen LogP contribution >= 0.6 is 0 Å². The highest BCUT2D eigenvalue weighted by Gasteiger charge is 2.15. The van der Waals surface area contributed by atoms with Crippen molar-refractivity contribution in [2.24, 2.45) is 0 Å². The fraction of sp³-hybridized carbons (Fsp3) is 0.353. The first-order valence-electron chi connectivity index (χ1n) is 7.54. The number of hydrogen-bond acceptors (Lipinski definition) is 4. The average molecular weight is 314 g/mol. The van der Waals surface area contributed by atoms with Gasteiger partial charge in [-0.2, -0.15) is 0 Å². The lowest BCUT2D eigenvalue weighted by Crippen LogP contribution is -2.39. The molecule has 0 bridgehead atoms. The highest BCUT2D eigenvalue weighted by atomic mass is 16.2. The van der Waals surface area contributed by atoms with E-state index in [9.17, 15) is 9.59 Å². The standard InChI is InChI=1S/C17H22N4O2/c1-19(2)11-12-20(13-15-7-4-3-5-8-15)16(22)14-21-10-6-9-18-17(21)23/h3-10H,11-14H2,1-2H3. The first-order valence-corrected chi connectivity index (χ1v) is 7.54. The van der Waals surface area contributed by atoms with Crippen molar-refractivity contribution in [3.63, 3.8) is 0 Å². The van der Waals surface area contributed by atoms with Crippen molar-refractivity contribution in [1.82, 2.24) is 19.4 Å². The zero-order valence-corrected chi connectivity index (χ0v) is 13.6. The Kier molecular flexibility index (Phi) is 6.05. The van der Waals surface area contributed by atoms with Gasteiger partial charge in [0.05, 0.1) is 0 Å². The predicted octanol–water partition coefficient (Wildman–Crippen LogP) is 0.834. The zero-order chi connectivity index (χ0) is 16.7. The third-order valence-electron chi connectivity index (χ3n) is 3.47. The SMILES string of the molecule is CN(C)CCN(Cc1ccccc1)C(=O)Cn1cccnc1=O. The molecule has 2 rings (SSSR count). The smallest absolute Gasteiger partial charge is 0.336 e. The van der Waals surface area contributed by atoms with E-state index in [-0.39, 0.29) is 12.5 Å². The molecule has 0 N–H and O–H groups in total. The summed E-state index contributed by atoms with van der Waals surface area (Å²) >= 11 is 0. The highest BCUT2D eigenvalue weighted by Crippen LogP contribution is 2.05. The van der Waals surface area contributed by atoms with Crippen LogP contribution < -0.4 is 5.69 Å². The van der Waals surface area contributed by atoms with Crippen molar-refractivity contribution in [3.05, 3.63) is 64.8 Å². The minimum absolute atomic E-state index is 0.00688. The molecule has 1 heterocycles. The van der Waals surface area contributed by atoms with E-state index >= 15 is 0 Å². The maximum atomic E-state index is 12.6. The zero-order valence-electron chi connectivity index (χ0n) is 13.6. The molecule has 1 aromatic carbocycles. The van der Waals surface area contributed by atoms with Crippen LogP contribution in [0.15, 0.2) is 53.6 Å². The van der Waals surface area contributed by atoms with E-state index in [0.29, 0.717) is 13.1 Å². The molecule has 0 fully saturated rings. The average Bonchev–Trinajstić information content (AvgIpc) is 2.54. The van der Waals surface area contributed by atoms with E-state index in [4.69, 9.17) is 0 Å². The Morgan fingerprint density at radius 1 is 1.13 bits per heavy atom. The van der Waals surface area contributed by atoms with Crippen LogP contribution in [0.5, 0.6) is 0 Å². The minimum Gasteiger partial charge on any atom is -0.336 e. The van der Waals surface area contributed by atoms with Crippen molar-refractivity contribution in [3.8, 4) is 0 Å². The molecule has 0 aliphatic carbocycles. The van der Waals surface area contributed by atoms with Gasteiger partial charge in [-0.05, 0) is 25.7 Å². The van der Waals surface area contributed by atoms with Crippen LogP contribution in [0.1, 0.15) is 5.56 Å². The van der Waals surface area contributed by atoms with Crippen LogP contribution in [-0.4, -0.2) is 52.4 Å². The van der Waals surface area contributed by atoms with Gasteiger partial charge in [-0.15, -0.1) is 0 Å². The number of amides is 1. The first-order chi connectivity index (χ1) is 11.1. The maximum Gasteiger partial charge on any atom is 0.347 e. The van der Waals surface area contributed by atoms with E-state index in [1.165, 1.54) is 10.8 Å². The number of carbonyl (C=O) groups is 1. The van der Waals surface area contributed by atoms with Gasteiger partial charge in [-0.3, -0.25) is 9.36 Å². The quantitative estimate of drug-likeness (QED) is 0.760. The number of rotatable bonds is 7. The lowest BCUT2D eigenvalue weighted by Gasteiger charge is -2.25. The third kappa shape index (κ3) is 5.34. The normalized spacial score (nSPS) is 10.7. The first kappa shape index (κ1) is 16.9. The molecule has 0 aliphatic heterocycles. The Balaban J connectivity index is 2.10. The second-order valence-electron chi connectivity index (χ2n) is 5.63. The summed E-state index contributed by atoms with van der Waals surface area (Å²) in [4.78, 5) is 31.8. The molecular weight excluding hydrogens is 292 g/mol. The molecule has 0 saturated heterocycles. The van der Waals surface area contributed by atoms with Gasteiger partial charge in [0.15, 0.2) is 0 Å². The molecule has 0 spiro atoms. The Labute approximate surface area is 136 Å². The van der Waals surface area contributed by atoms with E-state index in [2.05, 4.69) is 4.98 Å². The Hall–Kier alpha value is -2.47. The molecule has 6 nitrogen and oxygen atoms in total. The predicted molar refractivity (Wildman–Crippen MR) is 88.9 cm³/mol. The minimum atomic E-state index is -0.409. The molecule has 6 heteroatoms. The number of hydrogen-bond donors (Lipinski definition) is 0. The van der Waals surface area contributed by atoms with Crippen molar-refractivity contribution < 1.29 is 4.79 Å². The van der Waals surface area contributed by atoms with Crippen LogP contribution in [0, 0.1) is 0 Å². The van der Waals surface area contributed by atoms with Gasteiger partial charge in [0.1, 0.15) is 6.54 Å². The molecule has 1 aromatic heterocycles. The van der Waals surface area contributed by atoms with Gasteiger partial charge in [0.2, 0.25) is 5.91 Å². The molecule has 1 amide bonds. The number of carbonyl (C=O) groups excluding carboxylic acids is 1. The molecule has 0 atom stereocenters. The van der Waals surface area contributed by atoms with Gasteiger partial charge in [0, 0.05) is 32.0 Å². The van der Waals surface area contributed by atoms with Crippen molar-refractivity contribution in [2.45, 2.75) is 13.1 Å². The van der Waals surface area contributed by atoms with Crippen molar-refractivity contribution in [1.29, 1.82) is 0 Å². The van der Waals surface area contributed by atoms with Crippen LogP contribution in [0.25, 0.3) is 0 Å². The third-order valence-corrected chi connectivity index (χ3v) is 3.47. The Bertz CT molecular complexity index is 682. The molecule has 0 radical (unpaired) electrons. The lowest BCUT2D eigenvalue weighted by atomic mass is 10.2. The van der Waals surface area contributed by atoms with E-state index in [1.807, 2.05) is 49.3 Å². The summed E-state index contributed by atoms with van der Waals surface area (Å²) in [5.41, 5.74) is 0.659. The molecule has 0 saturated carbocycles. The van der Waals surface area contributed by atoms with Gasteiger partial charge < -0.3 is 9.80 Å². The van der Waals surface area contributed by atoms with Gasteiger partial charge >= 0.3 is 5.69 Å². The fourth-order valence-corrected chi connectivity index (χ4v) is 2.17. The maximum absolute atomic E-state index is 12.6. The second kappa shape index (κ2) is 8.24. The van der Waals surface area contributed by atoms with Crippen LogP contribution in [0.2, 0.25) is 0 Å². The fourth-order valence-electron chi connectivity index (χ4n) is 2.17. The van der Waals surface area contributed by atoms with Crippen LogP contribution in [-0.2, 0) is 17.9 Å². The molecule has 2 aromatic rings. The number of nitrogens with zero attached hydrogens (tertiary/aromatic N) is 4. The largest absolute Gasteiger partial charge is 0.347 e. The summed E-state index contributed by atoms with van der Waals surface area (Å²) in [6.45, 7) is 1.91. The second-order valence-corrected chi connectivity index (χ2v) is 5.63. The summed E-state index contributed by atoms with van der Waals surface area (Å²) in [5, 5.41) is 0. The monoisotopic (exact) mass is 314 g/mol. The summed E-state index contributed by atoms with van der Waals surface area (Å²) in [7, 11) is 3.94. The Morgan fingerprint density at radius 3 is 2.52 bits per heavy atom. The summed E-state index contributed by atoms with van der Waals surface area (Å²) in [6, 6.07) is 11.5. The van der Waals surface area contributed by atoms with Gasteiger partial charge in [-0.1, -0.05) is 30.3 Å². The van der Waals surface area contributed by atoms with Crippen LogP contribution in [0.3, 0.4) is 0 Å². The van der Waals surface area contributed by atoms with Gasteiger partial charge in [0.25, 0.3) is 0 Å². The molecule has 0 aliphatic rings. The van der Waals surface area contributed by atoms with Crippen molar-refractivity contribution >= 4 is 5.91 Å². The summed E-state index contributed by atoms with van der Waals surface area (Å²) in [5.74, 6) is -0.0918. The summed E-state index contributed by atoms with van der Waals surface area (Å²) < 4.78 is 1.33. The Morgan fingerprint density at radius 2 is 1.87 bits per heavy atom. The van der Waals surface area contributed by atoms with Gasteiger partial charge in [-0.25, -0.2) is 9.78 Å². The summed E-state index contributed by atoms with van der Waals surface area (Å²) in [6.07, 6.45) is 3.01. The van der Waals surface area contributed by atoms with Crippen molar-refractivity contribution in [2.75, 3.05) is 27.2 Å². The van der Waals surface area contributed by atoms with E-state index in [1.54, 1.807) is 17.2 Å². The molecular formula is C17H22N4O2. The number of aromatic nitrogens is 2. The molecule has 23 heavy (non-hydrogen) atoms. The van der Waals surface area contributed by atoms with Crippen LogP contribution in [0.4, 0.5) is 0 Å². The topological polar surface area (TPSA) is 58.4 Å². The highest BCUT2D eigenvalue weighted by molar-refractivity contribution is 5.76. The molecule has 0 unspecified atom stereocenters. The van der Waals surface area contributed by atoms with E-state index < -0.39 is 5.69 Å².